The van der Waals surface area contributed by atoms with Crippen molar-refractivity contribution in [2.24, 2.45) is 11.8 Å². The van der Waals surface area contributed by atoms with Gasteiger partial charge in [-0.15, -0.1) is 13.2 Å². The van der Waals surface area contributed by atoms with E-state index >= 15 is 0 Å². The molecular formula is C24H26O4. The van der Waals surface area contributed by atoms with Crippen LogP contribution in [0.4, 0.5) is 0 Å². The molecule has 4 unspecified atom stereocenters. The summed E-state index contributed by atoms with van der Waals surface area (Å²) >= 11 is 0. The lowest BCUT2D eigenvalue weighted by Gasteiger charge is -2.34. The van der Waals surface area contributed by atoms with Gasteiger partial charge in [-0.2, -0.15) is 0 Å². The van der Waals surface area contributed by atoms with Crippen molar-refractivity contribution < 1.29 is 19.1 Å². The summed E-state index contributed by atoms with van der Waals surface area (Å²) in [7, 11) is 0. The Morgan fingerprint density at radius 1 is 0.714 bits per heavy atom. The zero-order valence-electron chi connectivity index (χ0n) is 16.3. The Balaban J connectivity index is 2.50. The van der Waals surface area contributed by atoms with Crippen molar-refractivity contribution in [1.29, 1.82) is 0 Å². The van der Waals surface area contributed by atoms with Crippen LogP contribution in [-0.2, 0) is 19.1 Å². The highest BCUT2D eigenvalue weighted by Gasteiger charge is 2.36. The summed E-state index contributed by atoms with van der Waals surface area (Å²) in [6.07, 6.45) is 2.29. The molecule has 0 saturated heterocycles. The summed E-state index contributed by atoms with van der Waals surface area (Å²) in [4.78, 5) is 23.6. The minimum absolute atomic E-state index is 0.353. The number of benzene rings is 2. The summed E-state index contributed by atoms with van der Waals surface area (Å²) < 4.78 is 11.3. The molecule has 146 valence electrons. The molecule has 4 nitrogen and oxygen atoms in total. The van der Waals surface area contributed by atoms with Gasteiger partial charge in [0.2, 0.25) is 0 Å². The van der Waals surface area contributed by atoms with Gasteiger partial charge in [0.05, 0.1) is 0 Å². The standard InChI is InChI=1S/C24H26O4/c1-5-21(23(27-17(3)25)19-13-9-7-10-14-19)22(6-2)24(28-18(4)26)20-15-11-8-12-16-20/h5-16,21-24H,1-2H2,3-4H3. The van der Waals surface area contributed by atoms with Gasteiger partial charge in [0, 0.05) is 25.7 Å². The van der Waals surface area contributed by atoms with Crippen molar-refractivity contribution in [3.05, 3.63) is 97.1 Å². The van der Waals surface area contributed by atoms with Crippen molar-refractivity contribution in [3.63, 3.8) is 0 Å². The molecule has 2 aromatic rings. The van der Waals surface area contributed by atoms with E-state index in [2.05, 4.69) is 13.2 Å². The lowest BCUT2D eigenvalue weighted by atomic mass is 9.79. The van der Waals surface area contributed by atoms with E-state index in [9.17, 15) is 9.59 Å². The fraction of sp³-hybridized carbons (Fsp3) is 0.250. The Morgan fingerprint density at radius 2 is 1.04 bits per heavy atom. The summed E-state index contributed by atoms with van der Waals surface area (Å²) in [6, 6.07) is 18.9. The summed E-state index contributed by atoms with van der Waals surface area (Å²) in [5.41, 5.74) is 1.67. The van der Waals surface area contributed by atoms with Crippen LogP contribution in [0.5, 0.6) is 0 Å². The minimum Gasteiger partial charge on any atom is -0.457 e. The van der Waals surface area contributed by atoms with E-state index in [4.69, 9.17) is 9.47 Å². The second-order valence-electron chi connectivity index (χ2n) is 6.51. The Morgan fingerprint density at radius 3 is 1.29 bits per heavy atom. The summed E-state index contributed by atoms with van der Waals surface area (Å²) in [5, 5.41) is 0. The molecule has 0 aliphatic rings. The first kappa shape index (κ1) is 21.2. The maximum atomic E-state index is 11.8. The summed E-state index contributed by atoms with van der Waals surface area (Å²) in [5.74, 6) is -1.50. The molecule has 4 heteroatoms. The monoisotopic (exact) mass is 378 g/mol. The first-order valence-electron chi connectivity index (χ1n) is 9.17. The van der Waals surface area contributed by atoms with Crippen LogP contribution in [0.1, 0.15) is 37.2 Å². The molecule has 0 bridgehead atoms. The van der Waals surface area contributed by atoms with Crippen molar-refractivity contribution >= 4 is 11.9 Å². The number of carbonyl (C=O) groups excluding carboxylic acids is 2. The molecule has 2 rings (SSSR count). The zero-order valence-corrected chi connectivity index (χ0v) is 16.3. The zero-order chi connectivity index (χ0) is 20.5. The molecule has 4 atom stereocenters. The van der Waals surface area contributed by atoms with E-state index in [0.717, 1.165) is 11.1 Å². The Hall–Kier alpha value is -3.14. The van der Waals surface area contributed by atoms with Gasteiger partial charge in [0.1, 0.15) is 12.2 Å². The van der Waals surface area contributed by atoms with Crippen molar-refractivity contribution in [2.75, 3.05) is 0 Å². The van der Waals surface area contributed by atoms with Crippen LogP contribution in [0.15, 0.2) is 86.0 Å². The number of hydrogen-bond donors (Lipinski definition) is 0. The highest BCUT2D eigenvalue weighted by atomic mass is 16.5. The molecule has 0 aliphatic carbocycles. The molecule has 0 spiro atoms. The maximum Gasteiger partial charge on any atom is 0.303 e. The van der Waals surface area contributed by atoms with E-state index in [1.165, 1.54) is 13.8 Å². The second-order valence-corrected chi connectivity index (χ2v) is 6.51. The fourth-order valence-electron chi connectivity index (χ4n) is 3.35. The van der Waals surface area contributed by atoms with Gasteiger partial charge < -0.3 is 9.47 Å². The normalized spacial score (nSPS) is 14.8. The predicted molar refractivity (Wildman–Crippen MR) is 109 cm³/mol. The first-order valence-corrected chi connectivity index (χ1v) is 9.17. The van der Waals surface area contributed by atoms with Gasteiger partial charge >= 0.3 is 11.9 Å². The third kappa shape index (κ3) is 5.43. The largest absolute Gasteiger partial charge is 0.457 e. The van der Waals surface area contributed by atoms with Crippen LogP contribution in [0.25, 0.3) is 0 Å². The smallest absolute Gasteiger partial charge is 0.303 e. The Kier molecular flexibility index (Phi) is 7.76. The van der Waals surface area contributed by atoms with Gasteiger partial charge in [-0.1, -0.05) is 72.8 Å². The SMILES string of the molecule is C=CC(C(OC(C)=O)c1ccccc1)C(C=C)C(OC(C)=O)c1ccccc1. The molecule has 0 amide bonds. The number of esters is 2. The molecular weight excluding hydrogens is 352 g/mol. The van der Waals surface area contributed by atoms with E-state index in [1.54, 1.807) is 12.2 Å². The van der Waals surface area contributed by atoms with E-state index in [1.807, 2.05) is 60.7 Å². The lowest BCUT2D eigenvalue weighted by molar-refractivity contribution is -0.155. The Labute approximate surface area is 166 Å². The molecule has 2 aromatic carbocycles. The first-order chi connectivity index (χ1) is 13.5. The molecule has 0 saturated carbocycles. The van der Waals surface area contributed by atoms with Gasteiger partial charge in [0.25, 0.3) is 0 Å². The molecule has 28 heavy (non-hydrogen) atoms. The van der Waals surface area contributed by atoms with Crippen molar-refractivity contribution in [1.82, 2.24) is 0 Å². The van der Waals surface area contributed by atoms with Crippen LogP contribution in [0, 0.1) is 11.8 Å². The third-order valence-corrected chi connectivity index (χ3v) is 4.53. The predicted octanol–water partition coefficient (Wildman–Crippen LogP) is 5.20. The second kappa shape index (κ2) is 10.3. The van der Waals surface area contributed by atoms with Gasteiger partial charge in [-0.25, -0.2) is 0 Å². The van der Waals surface area contributed by atoms with Crippen LogP contribution < -0.4 is 0 Å². The molecule has 0 heterocycles. The molecule has 0 radical (unpaired) electrons. The van der Waals surface area contributed by atoms with Crippen LogP contribution >= 0.6 is 0 Å². The molecule has 0 aromatic heterocycles. The van der Waals surface area contributed by atoms with Gasteiger partial charge in [-0.05, 0) is 11.1 Å². The van der Waals surface area contributed by atoms with Crippen LogP contribution in [0.2, 0.25) is 0 Å². The van der Waals surface area contributed by atoms with Crippen LogP contribution in [0.3, 0.4) is 0 Å². The fourth-order valence-corrected chi connectivity index (χ4v) is 3.35. The lowest BCUT2D eigenvalue weighted by Crippen LogP contribution is -2.29. The van der Waals surface area contributed by atoms with E-state index in [0.29, 0.717) is 0 Å². The van der Waals surface area contributed by atoms with Gasteiger partial charge in [0.15, 0.2) is 0 Å². The highest BCUT2D eigenvalue weighted by molar-refractivity contribution is 5.67. The number of ether oxygens (including phenoxy) is 2. The average Bonchev–Trinajstić information content (AvgIpc) is 2.70. The maximum absolute atomic E-state index is 11.8. The van der Waals surface area contributed by atoms with E-state index < -0.39 is 24.1 Å². The van der Waals surface area contributed by atoms with Gasteiger partial charge in [-0.3, -0.25) is 9.59 Å². The summed E-state index contributed by atoms with van der Waals surface area (Å²) in [6.45, 7) is 10.7. The number of rotatable bonds is 9. The van der Waals surface area contributed by atoms with Crippen LogP contribution in [-0.4, -0.2) is 11.9 Å². The Bertz CT molecular complexity index is 728. The number of carbonyl (C=O) groups is 2. The topological polar surface area (TPSA) is 52.6 Å². The van der Waals surface area contributed by atoms with Crippen molar-refractivity contribution in [3.8, 4) is 0 Å². The molecule has 0 N–H and O–H groups in total. The third-order valence-electron chi connectivity index (χ3n) is 4.53. The van der Waals surface area contributed by atoms with Crippen molar-refractivity contribution in [2.45, 2.75) is 26.1 Å². The average molecular weight is 378 g/mol. The number of hydrogen-bond acceptors (Lipinski definition) is 4. The molecule has 0 fully saturated rings. The van der Waals surface area contributed by atoms with E-state index in [-0.39, 0.29) is 11.8 Å². The minimum atomic E-state index is -0.582. The quantitative estimate of drug-likeness (QED) is 0.444. The highest BCUT2D eigenvalue weighted by Crippen LogP contribution is 2.41. The molecule has 0 aliphatic heterocycles.